The molecule has 27 heavy (non-hydrogen) atoms. The monoisotopic (exact) mass is 376 g/mol. The van der Waals surface area contributed by atoms with E-state index < -0.39 is 0 Å². The molecule has 3 heterocycles. The predicted molar refractivity (Wildman–Crippen MR) is 104 cm³/mol. The first kappa shape index (κ1) is 17.2. The maximum Gasteiger partial charge on any atom is 0.262 e. The number of aromatic nitrogens is 5. The van der Waals surface area contributed by atoms with Gasteiger partial charge in [-0.2, -0.15) is 5.26 Å². The molecular weight excluding hydrogens is 360 g/mol. The van der Waals surface area contributed by atoms with Crippen molar-refractivity contribution in [1.29, 1.82) is 5.26 Å². The standard InChI is InChI=1S/C19H16N6OS/c1-11-8-12(2)21-17(14(11)9-20)27-10-16-22-23-19-24(3)18(26)13-6-4-5-7-15(13)25(16)19/h4-8H,10H2,1-3H3. The second-order valence-electron chi connectivity index (χ2n) is 6.29. The van der Waals surface area contributed by atoms with Gasteiger partial charge in [0.2, 0.25) is 5.78 Å². The fraction of sp³-hybridized carbons (Fsp3) is 0.211. The van der Waals surface area contributed by atoms with Crippen molar-refractivity contribution >= 4 is 28.4 Å². The van der Waals surface area contributed by atoms with E-state index >= 15 is 0 Å². The van der Waals surface area contributed by atoms with E-state index in [0.29, 0.717) is 33.3 Å². The van der Waals surface area contributed by atoms with Gasteiger partial charge in [-0.05, 0) is 37.6 Å². The Labute approximate surface area is 159 Å². The first-order valence-electron chi connectivity index (χ1n) is 8.34. The lowest BCUT2D eigenvalue weighted by Crippen LogP contribution is -2.20. The molecule has 1 aromatic carbocycles. The van der Waals surface area contributed by atoms with Gasteiger partial charge in [-0.15, -0.1) is 10.2 Å². The number of nitrogens with zero attached hydrogens (tertiary/aromatic N) is 6. The maximum absolute atomic E-state index is 12.5. The average Bonchev–Trinajstić information content (AvgIpc) is 3.08. The first-order chi connectivity index (χ1) is 13.0. The summed E-state index contributed by atoms with van der Waals surface area (Å²) in [4.78, 5) is 17.0. The molecule has 0 saturated heterocycles. The molecule has 4 aromatic rings. The molecule has 0 N–H and O–H groups in total. The second kappa shape index (κ2) is 6.52. The van der Waals surface area contributed by atoms with Crippen LogP contribution in [0.2, 0.25) is 0 Å². The SMILES string of the molecule is Cc1cc(C)c(C#N)c(SCc2nnc3n(C)c(=O)c4ccccc4n23)n1. The fourth-order valence-corrected chi connectivity index (χ4v) is 4.17. The van der Waals surface area contributed by atoms with Gasteiger partial charge >= 0.3 is 0 Å². The van der Waals surface area contributed by atoms with Crippen LogP contribution in [0.5, 0.6) is 0 Å². The molecule has 0 saturated carbocycles. The predicted octanol–water partition coefficient (Wildman–Crippen LogP) is 2.76. The van der Waals surface area contributed by atoms with Crippen LogP contribution in [-0.4, -0.2) is 24.1 Å². The molecule has 8 heteroatoms. The first-order valence-corrected chi connectivity index (χ1v) is 9.32. The van der Waals surface area contributed by atoms with Crippen LogP contribution in [0.3, 0.4) is 0 Å². The summed E-state index contributed by atoms with van der Waals surface area (Å²) in [5.41, 5.74) is 3.02. The number of hydrogen-bond acceptors (Lipinski definition) is 6. The number of aryl methyl sites for hydroxylation is 3. The summed E-state index contributed by atoms with van der Waals surface area (Å²) in [6.07, 6.45) is 0. The van der Waals surface area contributed by atoms with Crippen LogP contribution in [0, 0.1) is 25.2 Å². The number of nitriles is 1. The van der Waals surface area contributed by atoms with Crippen molar-refractivity contribution in [2.24, 2.45) is 7.05 Å². The fourth-order valence-electron chi connectivity index (χ4n) is 3.16. The highest BCUT2D eigenvalue weighted by atomic mass is 32.2. The molecule has 134 valence electrons. The molecular formula is C19H16N6OS. The van der Waals surface area contributed by atoms with Gasteiger partial charge in [0.1, 0.15) is 16.9 Å². The lowest BCUT2D eigenvalue weighted by molar-refractivity contribution is 0.857. The van der Waals surface area contributed by atoms with Crippen LogP contribution in [0.15, 0.2) is 40.2 Å². The minimum atomic E-state index is -0.104. The summed E-state index contributed by atoms with van der Waals surface area (Å²) in [5, 5.41) is 19.2. The van der Waals surface area contributed by atoms with Crippen LogP contribution < -0.4 is 5.56 Å². The van der Waals surface area contributed by atoms with Gasteiger partial charge in [-0.3, -0.25) is 13.8 Å². The van der Waals surface area contributed by atoms with Gasteiger partial charge in [0.15, 0.2) is 0 Å². The smallest absolute Gasteiger partial charge is 0.262 e. The molecule has 0 aliphatic rings. The summed E-state index contributed by atoms with van der Waals surface area (Å²) in [5.74, 6) is 1.67. The molecule has 0 spiro atoms. The second-order valence-corrected chi connectivity index (χ2v) is 7.26. The van der Waals surface area contributed by atoms with Gasteiger partial charge < -0.3 is 0 Å². The minimum Gasteiger partial charge on any atom is -0.279 e. The lowest BCUT2D eigenvalue weighted by atomic mass is 10.1. The molecule has 0 radical (unpaired) electrons. The zero-order valence-electron chi connectivity index (χ0n) is 15.1. The van der Waals surface area contributed by atoms with Crippen LogP contribution in [-0.2, 0) is 12.8 Å². The summed E-state index contributed by atoms with van der Waals surface area (Å²) in [6, 6.07) is 11.5. The van der Waals surface area contributed by atoms with Crippen molar-refractivity contribution < 1.29 is 0 Å². The van der Waals surface area contributed by atoms with Gasteiger partial charge in [-0.1, -0.05) is 23.9 Å². The maximum atomic E-state index is 12.5. The summed E-state index contributed by atoms with van der Waals surface area (Å²) in [7, 11) is 1.69. The van der Waals surface area contributed by atoms with Crippen molar-refractivity contribution in [3.05, 3.63) is 63.3 Å². The van der Waals surface area contributed by atoms with Crippen molar-refractivity contribution in [2.45, 2.75) is 24.6 Å². The van der Waals surface area contributed by atoms with Crippen LogP contribution >= 0.6 is 11.8 Å². The Balaban J connectivity index is 1.83. The summed E-state index contributed by atoms with van der Waals surface area (Å²) in [6.45, 7) is 3.82. The molecule has 7 nitrogen and oxygen atoms in total. The molecule has 4 rings (SSSR count). The molecule has 0 atom stereocenters. The Morgan fingerprint density at radius 1 is 1.22 bits per heavy atom. The third-order valence-electron chi connectivity index (χ3n) is 4.45. The molecule has 0 fully saturated rings. The number of thioether (sulfide) groups is 1. The highest BCUT2D eigenvalue weighted by Crippen LogP contribution is 2.27. The van der Waals surface area contributed by atoms with E-state index in [9.17, 15) is 10.1 Å². The Bertz CT molecular complexity index is 1300. The summed E-state index contributed by atoms with van der Waals surface area (Å²) < 4.78 is 3.39. The third-order valence-corrected chi connectivity index (χ3v) is 5.43. The van der Waals surface area contributed by atoms with Crippen molar-refractivity contribution in [1.82, 2.24) is 24.1 Å². The highest BCUT2D eigenvalue weighted by molar-refractivity contribution is 7.98. The van der Waals surface area contributed by atoms with Gasteiger partial charge in [0, 0.05) is 12.7 Å². The van der Waals surface area contributed by atoms with Crippen LogP contribution in [0.1, 0.15) is 22.6 Å². The van der Waals surface area contributed by atoms with Crippen molar-refractivity contribution in [2.75, 3.05) is 0 Å². The number of rotatable bonds is 3. The average molecular weight is 376 g/mol. The van der Waals surface area contributed by atoms with E-state index in [1.165, 1.54) is 16.3 Å². The number of hydrogen-bond donors (Lipinski definition) is 0. The van der Waals surface area contributed by atoms with E-state index in [4.69, 9.17) is 0 Å². The minimum absolute atomic E-state index is 0.104. The number of fused-ring (bicyclic) bond motifs is 3. The number of para-hydroxylation sites is 1. The van der Waals surface area contributed by atoms with Gasteiger partial charge in [0.25, 0.3) is 5.56 Å². The Morgan fingerprint density at radius 2 is 2.00 bits per heavy atom. The Morgan fingerprint density at radius 3 is 2.78 bits per heavy atom. The zero-order valence-corrected chi connectivity index (χ0v) is 15.9. The van der Waals surface area contributed by atoms with Crippen molar-refractivity contribution in [3.8, 4) is 6.07 Å². The third kappa shape index (κ3) is 2.76. The molecule has 3 aromatic heterocycles. The topological polar surface area (TPSA) is 88.9 Å². The molecule has 0 bridgehead atoms. The van der Waals surface area contributed by atoms with Gasteiger partial charge in [-0.25, -0.2) is 4.98 Å². The molecule has 0 unspecified atom stereocenters. The lowest BCUT2D eigenvalue weighted by Gasteiger charge is -2.09. The van der Waals surface area contributed by atoms with Crippen LogP contribution in [0.4, 0.5) is 0 Å². The number of pyridine rings is 1. The van der Waals surface area contributed by atoms with E-state index in [0.717, 1.165) is 16.8 Å². The molecule has 0 aliphatic carbocycles. The Kier molecular flexibility index (Phi) is 4.16. The quantitative estimate of drug-likeness (QED) is 0.511. The van der Waals surface area contributed by atoms with Crippen LogP contribution in [0.25, 0.3) is 16.7 Å². The normalized spacial score (nSPS) is 11.2. The van der Waals surface area contributed by atoms with E-state index in [1.54, 1.807) is 13.1 Å². The van der Waals surface area contributed by atoms with E-state index in [2.05, 4.69) is 21.3 Å². The van der Waals surface area contributed by atoms with E-state index in [-0.39, 0.29) is 5.56 Å². The van der Waals surface area contributed by atoms with Gasteiger partial charge in [0.05, 0.1) is 22.2 Å². The van der Waals surface area contributed by atoms with E-state index in [1.807, 2.05) is 42.5 Å². The summed E-state index contributed by atoms with van der Waals surface area (Å²) >= 11 is 1.45. The zero-order chi connectivity index (χ0) is 19.1. The number of benzene rings is 1. The Hall–Kier alpha value is -3.18. The molecule has 0 aliphatic heterocycles. The van der Waals surface area contributed by atoms with Crippen molar-refractivity contribution in [3.63, 3.8) is 0 Å². The molecule has 0 amide bonds. The largest absolute Gasteiger partial charge is 0.279 e. The highest BCUT2D eigenvalue weighted by Gasteiger charge is 2.16.